The van der Waals surface area contributed by atoms with Crippen LogP contribution in [-0.4, -0.2) is 16.1 Å². The van der Waals surface area contributed by atoms with Crippen molar-refractivity contribution in [1.29, 1.82) is 0 Å². The van der Waals surface area contributed by atoms with Crippen molar-refractivity contribution in [1.82, 2.24) is 4.98 Å². The molecule has 0 bridgehead atoms. The van der Waals surface area contributed by atoms with Gasteiger partial charge in [-0.1, -0.05) is 0 Å². The van der Waals surface area contributed by atoms with Crippen LogP contribution in [0.1, 0.15) is 5.69 Å². The lowest BCUT2D eigenvalue weighted by Gasteiger charge is -2.06. The number of rotatable bonds is 2. The van der Waals surface area contributed by atoms with Crippen LogP contribution in [0.4, 0.5) is 13.2 Å². The zero-order chi connectivity index (χ0) is 12.6. The maximum absolute atomic E-state index is 13.5. The summed E-state index contributed by atoms with van der Waals surface area (Å²) in [6, 6.07) is 2.09. The van der Waals surface area contributed by atoms with Crippen LogP contribution in [0.2, 0.25) is 0 Å². The summed E-state index contributed by atoms with van der Waals surface area (Å²) in [7, 11) is 0. The van der Waals surface area contributed by atoms with Gasteiger partial charge >= 0.3 is 5.97 Å². The maximum atomic E-state index is 13.5. The third-order valence-corrected chi connectivity index (χ3v) is 2.28. The number of aliphatic carboxylic acids is 1. The molecule has 1 N–H and O–H groups in total. The van der Waals surface area contributed by atoms with E-state index in [2.05, 4.69) is 4.98 Å². The molecule has 0 saturated carbocycles. The smallest absolute Gasteiger partial charge is 0.309 e. The minimum absolute atomic E-state index is 0.0765. The first kappa shape index (κ1) is 11.4. The van der Waals surface area contributed by atoms with Crippen molar-refractivity contribution < 1.29 is 23.1 Å². The molecule has 17 heavy (non-hydrogen) atoms. The van der Waals surface area contributed by atoms with Crippen molar-refractivity contribution in [3.8, 4) is 0 Å². The molecule has 0 radical (unpaired) electrons. The number of hydrogen-bond acceptors (Lipinski definition) is 2. The van der Waals surface area contributed by atoms with Gasteiger partial charge in [0.2, 0.25) is 0 Å². The molecule has 1 heterocycles. The van der Waals surface area contributed by atoms with Crippen LogP contribution in [0.25, 0.3) is 10.8 Å². The number of aromatic nitrogens is 1. The third-order valence-electron chi connectivity index (χ3n) is 2.28. The van der Waals surface area contributed by atoms with Crippen LogP contribution in [0.5, 0.6) is 0 Å². The Morgan fingerprint density at radius 1 is 1.29 bits per heavy atom. The van der Waals surface area contributed by atoms with Crippen LogP contribution < -0.4 is 0 Å². The Labute approximate surface area is 93.5 Å². The second-order valence-electron chi connectivity index (χ2n) is 3.41. The van der Waals surface area contributed by atoms with E-state index in [1.54, 1.807) is 0 Å². The summed E-state index contributed by atoms with van der Waals surface area (Å²) in [5.41, 5.74) is -0.133. The highest BCUT2D eigenvalue weighted by Crippen LogP contribution is 2.25. The molecule has 0 fully saturated rings. The molecule has 0 aliphatic carbocycles. The topological polar surface area (TPSA) is 50.2 Å². The molecular formula is C11H6F3NO2. The molecule has 2 aromatic rings. The first-order chi connectivity index (χ1) is 8.00. The van der Waals surface area contributed by atoms with Gasteiger partial charge in [0.05, 0.1) is 12.1 Å². The predicted octanol–water partition coefficient (Wildman–Crippen LogP) is 2.28. The van der Waals surface area contributed by atoms with Crippen LogP contribution in [0.3, 0.4) is 0 Å². The van der Waals surface area contributed by atoms with E-state index < -0.39 is 29.8 Å². The third kappa shape index (κ3) is 1.93. The Morgan fingerprint density at radius 2 is 2.00 bits per heavy atom. The Kier molecular flexibility index (Phi) is 2.71. The van der Waals surface area contributed by atoms with E-state index in [9.17, 15) is 18.0 Å². The highest BCUT2D eigenvalue weighted by atomic mass is 19.2. The lowest BCUT2D eigenvalue weighted by Crippen LogP contribution is -2.05. The number of carbonyl (C=O) groups is 1. The molecule has 6 heteroatoms. The summed E-state index contributed by atoms with van der Waals surface area (Å²) in [4.78, 5) is 14.2. The van der Waals surface area contributed by atoms with Crippen molar-refractivity contribution in [2.75, 3.05) is 0 Å². The molecule has 0 aliphatic rings. The van der Waals surface area contributed by atoms with Gasteiger partial charge in [-0.15, -0.1) is 0 Å². The fourth-order valence-electron chi connectivity index (χ4n) is 1.59. The van der Waals surface area contributed by atoms with Crippen molar-refractivity contribution in [3.63, 3.8) is 0 Å². The molecule has 2 rings (SSSR count). The average molecular weight is 241 g/mol. The van der Waals surface area contributed by atoms with Crippen LogP contribution in [-0.2, 0) is 11.2 Å². The summed E-state index contributed by atoms with van der Waals surface area (Å²) in [6.07, 6.45) is 0.663. The number of benzene rings is 1. The average Bonchev–Trinajstić information content (AvgIpc) is 2.25. The quantitative estimate of drug-likeness (QED) is 0.820. The monoisotopic (exact) mass is 241 g/mol. The second kappa shape index (κ2) is 4.04. The standard InChI is InChI=1S/C11H6F3NO2/c12-6-3-5-1-2-15-7(4-8(16)17)9(5)11(14)10(6)13/h1-3H,4H2,(H,16,17). The number of pyridine rings is 1. The van der Waals surface area contributed by atoms with E-state index in [1.165, 1.54) is 12.3 Å². The van der Waals surface area contributed by atoms with Crippen molar-refractivity contribution in [3.05, 3.63) is 41.5 Å². The van der Waals surface area contributed by atoms with Gasteiger partial charge in [0.1, 0.15) is 0 Å². The second-order valence-corrected chi connectivity index (χ2v) is 3.41. The maximum Gasteiger partial charge on any atom is 0.309 e. The van der Waals surface area contributed by atoms with E-state index >= 15 is 0 Å². The van der Waals surface area contributed by atoms with Crippen LogP contribution in [0.15, 0.2) is 18.3 Å². The molecule has 0 aliphatic heterocycles. The highest BCUT2D eigenvalue weighted by Gasteiger charge is 2.17. The van der Waals surface area contributed by atoms with Gasteiger partial charge < -0.3 is 5.11 Å². The van der Waals surface area contributed by atoms with Gasteiger partial charge in [-0.3, -0.25) is 9.78 Å². The summed E-state index contributed by atoms with van der Waals surface area (Å²) >= 11 is 0. The minimum atomic E-state index is -1.63. The lowest BCUT2D eigenvalue weighted by atomic mass is 10.1. The predicted molar refractivity (Wildman–Crippen MR) is 53.0 cm³/mol. The molecule has 88 valence electrons. The van der Waals surface area contributed by atoms with E-state index in [-0.39, 0.29) is 16.5 Å². The highest BCUT2D eigenvalue weighted by molar-refractivity contribution is 5.88. The SMILES string of the molecule is O=C(O)Cc1nccc2cc(F)c(F)c(F)c12. The molecule has 1 aromatic heterocycles. The van der Waals surface area contributed by atoms with E-state index in [0.717, 1.165) is 6.07 Å². The van der Waals surface area contributed by atoms with Gasteiger partial charge in [-0.25, -0.2) is 13.2 Å². The van der Waals surface area contributed by atoms with Crippen molar-refractivity contribution in [2.24, 2.45) is 0 Å². The van der Waals surface area contributed by atoms with Gasteiger partial charge in [0.25, 0.3) is 0 Å². The summed E-state index contributed by atoms with van der Waals surface area (Å²) < 4.78 is 39.5. The Bertz CT molecular complexity index is 613. The number of hydrogen-bond donors (Lipinski definition) is 1. The van der Waals surface area contributed by atoms with Crippen LogP contribution >= 0.6 is 0 Å². The number of halogens is 3. The summed E-state index contributed by atoms with van der Waals surface area (Å²) in [5, 5.41) is 8.39. The zero-order valence-corrected chi connectivity index (χ0v) is 8.38. The number of fused-ring (bicyclic) bond motifs is 1. The minimum Gasteiger partial charge on any atom is -0.481 e. The number of carboxylic acids is 1. The molecule has 1 aromatic carbocycles. The van der Waals surface area contributed by atoms with Crippen molar-refractivity contribution in [2.45, 2.75) is 6.42 Å². The first-order valence-corrected chi connectivity index (χ1v) is 4.63. The molecule has 0 atom stereocenters. The van der Waals surface area contributed by atoms with E-state index in [1.807, 2.05) is 0 Å². The Balaban J connectivity index is 2.78. The lowest BCUT2D eigenvalue weighted by molar-refractivity contribution is -0.136. The molecule has 3 nitrogen and oxygen atoms in total. The summed E-state index contributed by atoms with van der Waals surface area (Å²) in [6.45, 7) is 0. The normalized spacial score (nSPS) is 10.8. The van der Waals surface area contributed by atoms with E-state index in [0.29, 0.717) is 0 Å². The van der Waals surface area contributed by atoms with Gasteiger partial charge in [0, 0.05) is 11.6 Å². The van der Waals surface area contributed by atoms with Crippen LogP contribution in [0, 0.1) is 17.5 Å². The van der Waals surface area contributed by atoms with Gasteiger partial charge in [-0.05, 0) is 17.5 Å². The number of carboxylic acid groups (broad SMARTS) is 1. The summed E-state index contributed by atoms with van der Waals surface area (Å²) in [5.74, 6) is -5.59. The molecular weight excluding hydrogens is 235 g/mol. The van der Waals surface area contributed by atoms with Gasteiger partial charge in [-0.2, -0.15) is 0 Å². The molecule has 0 spiro atoms. The fraction of sp³-hybridized carbons (Fsp3) is 0.0909. The Morgan fingerprint density at radius 3 is 2.65 bits per heavy atom. The van der Waals surface area contributed by atoms with Gasteiger partial charge in [0.15, 0.2) is 17.5 Å². The Hall–Kier alpha value is -2.11. The largest absolute Gasteiger partial charge is 0.481 e. The molecule has 0 saturated heterocycles. The first-order valence-electron chi connectivity index (χ1n) is 4.63. The van der Waals surface area contributed by atoms with Crippen molar-refractivity contribution >= 4 is 16.7 Å². The molecule has 0 unspecified atom stereocenters. The van der Waals surface area contributed by atoms with E-state index in [4.69, 9.17) is 5.11 Å². The fourth-order valence-corrected chi connectivity index (χ4v) is 1.59. The molecule has 0 amide bonds. The number of nitrogens with zero attached hydrogens (tertiary/aromatic N) is 1. The zero-order valence-electron chi connectivity index (χ0n) is 8.38.